The lowest BCUT2D eigenvalue weighted by Gasteiger charge is -2.17. The Hall–Kier alpha value is -0.870. The van der Waals surface area contributed by atoms with E-state index in [9.17, 15) is 4.79 Å². The largest absolute Gasteiger partial charge is 0.348 e. The average molecular weight is 299 g/mol. The van der Waals surface area contributed by atoms with Gasteiger partial charge in [-0.15, -0.1) is 0 Å². The van der Waals surface area contributed by atoms with Crippen molar-refractivity contribution in [2.75, 3.05) is 6.54 Å². The van der Waals surface area contributed by atoms with Gasteiger partial charge in [-0.3, -0.25) is 4.79 Å². The van der Waals surface area contributed by atoms with Crippen molar-refractivity contribution >= 4 is 21.8 Å². The van der Waals surface area contributed by atoms with Crippen molar-refractivity contribution in [2.24, 2.45) is 5.73 Å². The third-order valence-electron chi connectivity index (χ3n) is 2.77. The summed E-state index contributed by atoms with van der Waals surface area (Å²) in [6, 6.07) is 5.68. The second-order valence-corrected chi connectivity index (χ2v) is 4.96. The number of benzene rings is 1. The van der Waals surface area contributed by atoms with Crippen LogP contribution in [0.5, 0.6) is 0 Å². The first-order chi connectivity index (χ1) is 8.10. The molecule has 0 fully saturated rings. The molecule has 0 saturated heterocycles. The SMILES string of the molecule is CCCC(CN)NC(=O)c1cccc(Br)c1C. The number of nitrogens with two attached hydrogens (primary N) is 1. The molecule has 0 aliphatic carbocycles. The van der Waals surface area contributed by atoms with Gasteiger partial charge in [0.1, 0.15) is 0 Å². The second kappa shape index (κ2) is 6.77. The van der Waals surface area contributed by atoms with Crippen LogP contribution in [0.4, 0.5) is 0 Å². The molecule has 1 rings (SSSR count). The fraction of sp³-hybridized carbons (Fsp3) is 0.462. The maximum absolute atomic E-state index is 12.1. The number of halogens is 1. The van der Waals surface area contributed by atoms with Crippen molar-refractivity contribution in [3.8, 4) is 0 Å². The van der Waals surface area contributed by atoms with Gasteiger partial charge in [0.05, 0.1) is 0 Å². The van der Waals surface area contributed by atoms with Gasteiger partial charge >= 0.3 is 0 Å². The molecule has 0 heterocycles. The van der Waals surface area contributed by atoms with E-state index in [0.717, 1.165) is 22.9 Å². The molecule has 0 saturated carbocycles. The molecule has 0 spiro atoms. The Balaban J connectivity index is 2.79. The quantitative estimate of drug-likeness (QED) is 0.878. The van der Waals surface area contributed by atoms with E-state index in [1.165, 1.54) is 0 Å². The lowest BCUT2D eigenvalue weighted by Crippen LogP contribution is -2.40. The van der Waals surface area contributed by atoms with E-state index in [0.29, 0.717) is 12.1 Å². The standard InChI is InChI=1S/C13H19BrN2O/c1-3-5-10(8-15)16-13(17)11-6-4-7-12(14)9(11)2/h4,6-7,10H,3,5,8,15H2,1-2H3,(H,16,17). The topological polar surface area (TPSA) is 55.1 Å². The number of nitrogens with one attached hydrogen (secondary N) is 1. The summed E-state index contributed by atoms with van der Waals surface area (Å²) in [5, 5.41) is 2.97. The molecule has 94 valence electrons. The van der Waals surface area contributed by atoms with Crippen molar-refractivity contribution in [3.05, 3.63) is 33.8 Å². The Morgan fingerprint density at radius 2 is 2.24 bits per heavy atom. The second-order valence-electron chi connectivity index (χ2n) is 4.11. The predicted molar refractivity (Wildman–Crippen MR) is 74.1 cm³/mol. The van der Waals surface area contributed by atoms with Crippen molar-refractivity contribution in [2.45, 2.75) is 32.7 Å². The van der Waals surface area contributed by atoms with Crippen LogP contribution >= 0.6 is 15.9 Å². The summed E-state index contributed by atoms with van der Waals surface area (Å²) in [6.07, 6.45) is 1.93. The van der Waals surface area contributed by atoms with E-state index in [2.05, 4.69) is 28.2 Å². The van der Waals surface area contributed by atoms with Gasteiger partial charge in [-0.25, -0.2) is 0 Å². The molecular weight excluding hydrogens is 280 g/mol. The number of hydrogen-bond acceptors (Lipinski definition) is 2. The predicted octanol–water partition coefficient (Wildman–Crippen LogP) is 2.61. The fourth-order valence-corrected chi connectivity index (χ4v) is 2.08. The molecule has 3 N–H and O–H groups in total. The van der Waals surface area contributed by atoms with Gasteiger partial charge < -0.3 is 11.1 Å². The number of hydrogen-bond donors (Lipinski definition) is 2. The van der Waals surface area contributed by atoms with Gasteiger partial charge in [0.2, 0.25) is 0 Å². The molecule has 17 heavy (non-hydrogen) atoms. The molecule has 1 atom stereocenters. The average Bonchev–Trinajstić information content (AvgIpc) is 2.31. The third kappa shape index (κ3) is 3.82. The monoisotopic (exact) mass is 298 g/mol. The van der Waals surface area contributed by atoms with E-state index in [4.69, 9.17) is 5.73 Å². The molecule has 4 heteroatoms. The summed E-state index contributed by atoms with van der Waals surface area (Å²) >= 11 is 3.42. The van der Waals surface area contributed by atoms with Crippen LogP contribution in [0.25, 0.3) is 0 Å². The molecule has 3 nitrogen and oxygen atoms in total. The van der Waals surface area contributed by atoms with Crippen molar-refractivity contribution < 1.29 is 4.79 Å². The molecular formula is C13H19BrN2O. The minimum atomic E-state index is -0.0484. The molecule has 0 aromatic heterocycles. The lowest BCUT2D eigenvalue weighted by molar-refractivity contribution is 0.0935. The zero-order valence-electron chi connectivity index (χ0n) is 10.3. The van der Waals surface area contributed by atoms with Crippen LogP contribution in [-0.4, -0.2) is 18.5 Å². The van der Waals surface area contributed by atoms with Crippen LogP contribution < -0.4 is 11.1 Å². The Morgan fingerprint density at radius 3 is 2.82 bits per heavy atom. The number of carbonyl (C=O) groups excluding carboxylic acids is 1. The molecule has 1 unspecified atom stereocenters. The van der Waals surface area contributed by atoms with E-state index >= 15 is 0 Å². The Bertz CT molecular complexity index is 393. The summed E-state index contributed by atoms with van der Waals surface area (Å²) in [5.74, 6) is -0.0484. The summed E-state index contributed by atoms with van der Waals surface area (Å²) < 4.78 is 0.949. The lowest BCUT2D eigenvalue weighted by atomic mass is 10.1. The number of rotatable bonds is 5. The molecule has 0 aliphatic heterocycles. The van der Waals surface area contributed by atoms with E-state index in [1.807, 2.05) is 25.1 Å². The maximum Gasteiger partial charge on any atom is 0.251 e. The zero-order chi connectivity index (χ0) is 12.8. The Morgan fingerprint density at radius 1 is 1.53 bits per heavy atom. The van der Waals surface area contributed by atoms with E-state index in [-0.39, 0.29) is 11.9 Å². The van der Waals surface area contributed by atoms with Gasteiger partial charge in [-0.2, -0.15) is 0 Å². The van der Waals surface area contributed by atoms with Gasteiger partial charge in [0.25, 0.3) is 5.91 Å². The van der Waals surface area contributed by atoms with Crippen molar-refractivity contribution in [3.63, 3.8) is 0 Å². The van der Waals surface area contributed by atoms with Gasteiger partial charge in [0.15, 0.2) is 0 Å². The molecule has 1 aromatic carbocycles. The first kappa shape index (κ1) is 14.2. The Kier molecular flexibility index (Phi) is 5.65. The van der Waals surface area contributed by atoms with Crippen molar-refractivity contribution in [1.82, 2.24) is 5.32 Å². The first-order valence-electron chi connectivity index (χ1n) is 5.86. The first-order valence-corrected chi connectivity index (χ1v) is 6.65. The van der Waals surface area contributed by atoms with Crippen LogP contribution in [-0.2, 0) is 0 Å². The van der Waals surface area contributed by atoms with Crippen LogP contribution in [0.15, 0.2) is 22.7 Å². The van der Waals surface area contributed by atoms with Crippen LogP contribution in [0.2, 0.25) is 0 Å². The highest BCUT2D eigenvalue weighted by Crippen LogP contribution is 2.19. The highest BCUT2D eigenvalue weighted by Gasteiger charge is 2.14. The number of amides is 1. The van der Waals surface area contributed by atoms with Gasteiger partial charge in [0, 0.05) is 22.6 Å². The smallest absolute Gasteiger partial charge is 0.251 e. The van der Waals surface area contributed by atoms with E-state index in [1.54, 1.807) is 0 Å². The Labute approximate surface area is 111 Å². The molecule has 1 amide bonds. The summed E-state index contributed by atoms with van der Waals surface area (Å²) in [7, 11) is 0. The van der Waals surface area contributed by atoms with Gasteiger partial charge in [-0.1, -0.05) is 35.3 Å². The number of carbonyl (C=O) groups is 1. The molecule has 0 bridgehead atoms. The highest BCUT2D eigenvalue weighted by molar-refractivity contribution is 9.10. The molecule has 1 aromatic rings. The zero-order valence-corrected chi connectivity index (χ0v) is 11.9. The highest BCUT2D eigenvalue weighted by atomic mass is 79.9. The van der Waals surface area contributed by atoms with Gasteiger partial charge in [-0.05, 0) is 31.0 Å². The summed E-state index contributed by atoms with van der Waals surface area (Å²) in [6.45, 7) is 4.49. The van der Waals surface area contributed by atoms with Crippen LogP contribution in [0.1, 0.15) is 35.7 Å². The van der Waals surface area contributed by atoms with E-state index < -0.39 is 0 Å². The molecule has 0 aliphatic rings. The summed E-state index contributed by atoms with van der Waals surface area (Å²) in [5.41, 5.74) is 7.29. The van der Waals surface area contributed by atoms with Crippen molar-refractivity contribution in [1.29, 1.82) is 0 Å². The fourth-order valence-electron chi connectivity index (χ4n) is 1.71. The minimum absolute atomic E-state index is 0.0484. The third-order valence-corrected chi connectivity index (χ3v) is 3.63. The van der Waals surface area contributed by atoms with Crippen LogP contribution in [0.3, 0.4) is 0 Å². The molecule has 0 radical (unpaired) electrons. The maximum atomic E-state index is 12.1. The van der Waals surface area contributed by atoms with Crippen LogP contribution in [0, 0.1) is 6.92 Å². The summed E-state index contributed by atoms with van der Waals surface area (Å²) in [4.78, 5) is 12.1. The minimum Gasteiger partial charge on any atom is -0.348 e. The normalized spacial score (nSPS) is 12.2.